The Hall–Kier alpha value is -2.28. The van der Waals surface area contributed by atoms with Crippen molar-refractivity contribution >= 4 is 17.3 Å². The maximum absolute atomic E-state index is 12.6. The third-order valence-corrected chi connectivity index (χ3v) is 3.55. The largest absolute Gasteiger partial charge is 0.456 e. The van der Waals surface area contributed by atoms with Crippen molar-refractivity contribution in [2.45, 2.75) is 25.9 Å². The molecular weight excluding hydrogens is 347 g/mol. The van der Waals surface area contributed by atoms with Crippen LogP contribution in [0.25, 0.3) is 0 Å². The van der Waals surface area contributed by atoms with E-state index in [1.165, 1.54) is 18.2 Å². The zero-order chi connectivity index (χ0) is 17.9. The standard InChI is InChI=1S/C16H13ClF3NO3/c1-2-3-10-8-12(5-6-14(10)21(22)23)24-15-7-4-11(9-13(15)17)16(18,19)20/h4-9H,2-3H2,1H3. The summed E-state index contributed by atoms with van der Waals surface area (Å²) in [4.78, 5) is 10.5. The monoisotopic (exact) mass is 359 g/mol. The van der Waals surface area contributed by atoms with Crippen molar-refractivity contribution in [2.75, 3.05) is 0 Å². The van der Waals surface area contributed by atoms with Gasteiger partial charge in [-0.25, -0.2) is 0 Å². The van der Waals surface area contributed by atoms with Crippen molar-refractivity contribution in [2.24, 2.45) is 0 Å². The molecule has 128 valence electrons. The zero-order valence-corrected chi connectivity index (χ0v) is 13.3. The molecule has 0 unspecified atom stereocenters. The fourth-order valence-electron chi connectivity index (χ4n) is 2.16. The quantitative estimate of drug-likeness (QED) is 0.485. The maximum atomic E-state index is 12.6. The third kappa shape index (κ3) is 4.17. The lowest BCUT2D eigenvalue weighted by molar-refractivity contribution is -0.385. The number of ether oxygens (including phenoxy) is 1. The summed E-state index contributed by atoms with van der Waals surface area (Å²) in [5.41, 5.74) is -0.416. The van der Waals surface area contributed by atoms with Gasteiger partial charge in [0.1, 0.15) is 11.5 Å². The van der Waals surface area contributed by atoms with E-state index in [0.717, 1.165) is 18.2 Å². The summed E-state index contributed by atoms with van der Waals surface area (Å²) >= 11 is 5.83. The van der Waals surface area contributed by atoms with Crippen LogP contribution in [0.15, 0.2) is 36.4 Å². The second-order valence-corrected chi connectivity index (χ2v) is 5.45. The summed E-state index contributed by atoms with van der Waals surface area (Å²) in [5.74, 6) is 0.312. The fourth-order valence-corrected chi connectivity index (χ4v) is 2.38. The summed E-state index contributed by atoms with van der Waals surface area (Å²) in [5, 5.41) is 10.8. The Morgan fingerprint density at radius 1 is 1.21 bits per heavy atom. The summed E-state index contributed by atoms with van der Waals surface area (Å²) in [7, 11) is 0. The second-order valence-electron chi connectivity index (χ2n) is 5.04. The molecule has 24 heavy (non-hydrogen) atoms. The van der Waals surface area contributed by atoms with Crippen LogP contribution in [0.4, 0.5) is 18.9 Å². The van der Waals surface area contributed by atoms with Gasteiger partial charge in [0.25, 0.3) is 5.69 Å². The lowest BCUT2D eigenvalue weighted by atomic mass is 10.1. The molecule has 4 nitrogen and oxygen atoms in total. The Kier molecular flexibility index (Phi) is 5.33. The van der Waals surface area contributed by atoms with E-state index in [9.17, 15) is 23.3 Å². The Labute approximate surface area is 141 Å². The predicted octanol–water partition coefficient (Wildman–Crippen LogP) is 6.01. The van der Waals surface area contributed by atoms with Crippen LogP contribution in [0, 0.1) is 10.1 Å². The summed E-state index contributed by atoms with van der Waals surface area (Å²) in [6.45, 7) is 1.88. The lowest BCUT2D eigenvalue weighted by Crippen LogP contribution is -2.04. The van der Waals surface area contributed by atoms with Gasteiger partial charge in [-0.2, -0.15) is 13.2 Å². The molecule has 0 aliphatic heterocycles. The highest BCUT2D eigenvalue weighted by atomic mass is 35.5. The molecule has 2 aromatic rings. The normalized spacial score (nSPS) is 11.4. The number of hydrogen-bond donors (Lipinski definition) is 0. The zero-order valence-electron chi connectivity index (χ0n) is 12.6. The average molecular weight is 360 g/mol. The smallest absolute Gasteiger partial charge is 0.416 e. The number of alkyl halides is 3. The Bertz CT molecular complexity index is 763. The van der Waals surface area contributed by atoms with Crippen LogP contribution in [0.5, 0.6) is 11.5 Å². The molecule has 2 aromatic carbocycles. The molecule has 2 rings (SSSR count). The SMILES string of the molecule is CCCc1cc(Oc2ccc(C(F)(F)F)cc2Cl)ccc1[N+](=O)[O-]. The summed E-state index contributed by atoms with van der Waals surface area (Å²) < 4.78 is 43.3. The van der Waals surface area contributed by atoms with Gasteiger partial charge in [0.15, 0.2) is 0 Å². The predicted molar refractivity (Wildman–Crippen MR) is 83.6 cm³/mol. The minimum atomic E-state index is -4.50. The van der Waals surface area contributed by atoms with Crippen molar-refractivity contribution in [1.82, 2.24) is 0 Å². The molecule has 0 spiro atoms. The molecular formula is C16H13ClF3NO3. The number of nitro groups is 1. The molecule has 0 amide bonds. The maximum Gasteiger partial charge on any atom is 0.416 e. The van der Waals surface area contributed by atoms with E-state index in [0.29, 0.717) is 18.4 Å². The first kappa shape index (κ1) is 18.1. The topological polar surface area (TPSA) is 52.4 Å². The van der Waals surface area contributed by atoms with Crippen LogP contribution in [-0.2, 0) is 12.6 Å². The Morgan fingerprint density at radius 2 is 1.92 bits per heavy atom. The van der Waals surface area contributed by atoms with Crippen LogP contribution < -0.4 is 4.74 Å². The van der Waals surface area contributed by atoms with Crippen LogP contribution in [0.2, 0.25) is 5.02 Å². The van der Waals surface area contributed by atoms with Gasteiger partial charge in [-0.3, -0.25) is 10.1 Å². The fraction of sp³-hybridized carbons (Fsp3) is 0.250. The summed E-state index contributed by atoms with van der Waals surface area (Å²) in [6, 6.07) is 6.93. The van der Waals surface area contributed by atoms with Gasteiger partial charge < -0.3 is 4.74 Å². The van der Waals surface area contributed by atoms with Crippen LogP contribution >= 0.6 is 11.6 Å². The number of aryl methyl sites for hydroxylation is 1. The number of halogens is 4. The van der Waals surface area contributed by atoms with Crippen molar-refractivity contribution in [3.63, 3.8) is 0 Å². The highest BCUT2D eigenvalue weighted by Crippen LogP contribution is 2.37. The number of benzene rings is 2. The van der Waals surface area contributed by atoms with Gasteiger partial charge in [0.2, 0.25) is 0 Å². The van der Waals surface area contributed by atoms with Crippen molar-refractivity contribution < 1.29 is 22.8 Å². The number of nitro benzene ring substituents is 1. The van der Waals surface area contributed by atoms with Crippen molar-refractivity contribution in [3.8, 4) is 11.5 Å². The second kappa shape index (κ2) is 7.09. The molecule has 0 bridgehead atoms. The van der Waals surface area contributed by atoms with E-state index in [4.69, 9.17) is 16.3 Å². The average Bonchev–Trinajstić information content (AvgIpc) is 2.48. The van der Waals surface area contributed by atoms with E-state index in [1.807, 2.05) is 6.92 Å². The van der Waals surface area contributed by atoms with Crippen LogP contribution in [0.1, 0.15) is 24.5 Å². The van der Waals surface area contributed by atoms with Gasteiger partial charge in [0, 0.05) is 11.6 Å². The van der Waals surface area contributed by atoms with Crippen LogP contribution in [0.3, 0.4) is 0 Å². The molecule has 0 saturated carbocycles. The Morgan fingerprint density at radius 3 is 2.46 bits per heavy atom. The molecule has 0 heterocycles. The Balaban J connectivity index is 2.31. The molecule has 0 saturated heterocycles. The van der Waals surface area contributed by atoms with E-state index in [-0.39, 0.29) is 22.2 Å². The first-order valence-corrected chi connectivity index (χ1v) is 7.42. The molecule has 0 fully saturated rings. The minimum absolute atomic E-state index is 0.0253. The highest BCUT2D eigenvalue weighted by Gasteiger charge is 2.31. The van der Waals surface area contributed by atoms with Gasteiger partial charge in [0.05, 0.1) is 15.5 Å². The third-order valence-electron chi connectivity index (χ3n) is 3.25. The van der Waals surface area contributed by atoms with Gasteiger partial charge >= 0.3 is 6.18 Å². The molecule has 0 radical (unpaired) electrons. The van der Waals surface area contributed by atoms with Gasteiger partial charge in [-0.15, -0.1) is 0 Å². The van der Waals surface area contributed by atoms with Crippen molar-refractivity contribution in [3.05, 3.63) is 62.7 Å². The van der Waals surface area contributed by atoms with Crippen LogP contribution in [-0.4, -0.2) is 4.92 Å². The molecule has 0 N–H and O–H groups in total. The minimum Gasteiger partial charge on any atom is -0.456 e. The van der Waals surface area contributed by atoms with Crippen molar-refractivity contribution in [1.29, 1.82) is 0 Å². The molecule has 0 aliphatic rings. The van der Waals surface area contributed by atoms with Gasteiger partial charge in [-0.1, -0.05) is 24.9 Å². The van der Waals surface area contributed by atoms with E-state index < -0.39 is 16.7 Å². The number of nitrogens with zero attached hydrogens (tertiary/aromatic N) is 1. The van der Waals surface area contributed by atoms with Gasteiger partial charge in [-0.05, 0) is 36.8 Å². The van der Waals surface area contributed by atoms with E-state index in [2.05, 4.69) is 0 Å². The van der Waals surface area contributed by atoms with E-state index >= 15 is 0 Å². The first-order chi connectivity index (χ1) is 11.2. The van der Waals surface area contributed by atoms with E-state index in [1.54, 1.807) is 0 Å². The first-order valence-electron chi connectivity index (χ1n) is 7.04. The molecule has 0 aliphatic carbocycles. The summed E-state index contributed by atoms with van der Waals surface area (Å²) in [6.07, 6.45) is -3.32. The molecule has 0 aromatic heterocycles. The number of hydrogen-bond acceptors (Lipinski definition) is 3. The number of rotatable bonds is 5. The highest BCUT2D eigenvalue weighted by molar-refractivity contribution is 6.32. The molecule has 0 atom stereocenters. The molecule has 8 heteroatoms. The lowest BCUT2D eigenvalue weighted by Gasteiger charge is -2.12.